The molecule has 0 aliphatic carbocycles. The molecule has 0 unspecified atom stereocenters. The van der Waals surface area contributed by atoms with E-state index in [-0.39, 0.29) is 30.1 Å². The molecule has 38 heavy (non-hydrogen) atoms. The quantitative estimate of drug-likeness (QED) is 0.355. The number of carboxylic acid groups (broad SMARTS) is 1. The number of thiazole rings is 1. The number of nitrogens with zero attached hydrogens (tertiary/aromatic N) is 2. The van der Waals surface area contributed by atoms with Crippen LogP contribution < -0.4 is 4.74 Å². The molecular weight excluding hydrogens is 504 g/mol. The van der Waals surface area contributed by atoms with E-state index in [9.17, 15) is 14.7 Å². The van der Waals surface area contributed by atoms with Gasteiger partial charge in [-0.3, -0.25) is 9.69 Å². The highest BCUT2D eigenvalue weighted by Gasteiger charge is 2.58. The molecule has 1 fully saturated rings. The summed E-state index contributed by atoms with van der Waals surface area (Å²) < 4.78 is 16.9. The predicted molar refractivity (Wildman–Crippen MR) is 145 cm³/mol. The monoisotopic (exact) mass is 538 g/mol. The van der Waals surface area contributed by atoms with Crippen molar-refractivity contribution < 1.29 is 28.9 Å². The molecule has 1 saturated heterocycles. The van der Waals surface area contributed by atoms with Crippen LogP contribution in [0.25, 0.3) is 0 Å². The Hall–Kier alpha value is -3.43. The van der Waals surface area contributed by atoms with E-state index in [4.69, 9.17) is 14.2 Å². The Morgan fingerprint density at radius 2 is 1.89 bits per heavy atom. The van der Waals surface area contributed by atoms with Crippen LogP contribution in [0.3, 0.4) is 0 Å². The van der Waals surface area contributed by atoms with Gasteiger partial charge < -0.3 is 19.3 Å². The average molecular weight is 539 g/mol. The summed E-state index contributed by atoms with van der Waals surface area (Å²) in [7, 11) is 3.17. The van der Waals surface area contributed by atoms with Crippen LogP contribution in [0.4, 0.5) is 4.79 Å². The Balaban J connectivity index is 1.89. The van der Waals surface area contributed by atoms with Crippen LogP contribution in [0, 0.1) is 5.92 Å². The highest BCUT2D eigenvalue weighted by molar-refractivity contribution is 7.09. The summed E-state index contributed by atoms with van der Waals surface area (Å²) in [5.41, 5.74) is 0.518. The largest absolute Gasteiger partial charge is 0.507 e. The summed E-state index contributed by atoms with van der Waals surface area (Å²) in [5.74, 6) is -0.0109. The van der Waals surface area contributed by atoms with Gasteiger partial charge in [0.25, 0.3) is 5.91 Å². The van der Waals surface area contributed by atoms with Crippen molar-refractivity contribution in [3.63, 3.8) is 0 Å². The predicted octanol–water partition coefficient (Wildman–Crippen LogP) is 5.93. The highest BCUT2D eigenvalue weighted by Crippen LogP contribution is 2.50. The van der Waals surface area contributed by atoms with E-state index in [0.29, 0.717) is 22.9 Å². The van der Waals surface area contributed by atoms with E-state index in [2.05, 4.69) is 25.8 Å². The molecule has 2 aromatic carbocycles. The third-order valence-corrected chi connectivity index (χ3v) is 7.75. The van der Waals surface area contributed by atoms with Crippen LogP contribution in [0.2, 0.25) is 0 Å². The molecule has 0 saturated carbocycles. The minimum atomic E-state index is -1.47. The first-order valence-electron chi connectivity index (χ1n) is 12.5. The number of aromatic nitrogens is 1. The van der Waals surface area contributed by atoms with Gasteiger partial charge in [0, 0.05) is 43.0 Å². The van der Waals surface area contributed by atoms with Gasteiger partial charge >= 0.3 is 6.16 Å². The topological polar surface area (TPSA) is 98.2 Å². The van der Waals surface area contributed by atoms with Gasteiger partial charge in [0.05, 0.1) is 19.8 Å². The van der Waals surface area contributed by atoms with Gasteiger partial charge in [-0.25, -0.2) is 9.78 Å². The molecule has 1 aliphatic heterocycles. The number of carbonyl (C=O) groups excluding carboxylic acids is 1. The molecule has 0 radical (unpaired) electrons. The van der Waals surface area contributed by atoms with Gasteiger partial charge in [0.15, 0.2) is 5.72 Å². The van der Waals surface area contributed by atoms with Crippen LogP contribution >= 0.6 is 11.3 Å². The van der Waals surface area contributed by atoms with Crippen molar-refractivity contribution in [1.82, 2.24) is 9.88 Å². The van der Waals surface area contributed by atoms with Gasteiger partial charge in [0.2, 0.25) is 0 Å². The number of carbonyl (C=O) groups is 2. The molecule has 8 nitrogen and oxygen atoms in total. The smallest absolute Gasteiger partial charge is 0.496 e. The summed E-state index contributed by atoms with van der Waals surface area (Å²) in [4.78, 5) is 32.7. The Morgan fingerprint density at radius 3 is 2.47 bits per heavy atom. The Labute approximate surface area is 227 Å². The van der Waals surface area contributed by atoms with E-state index in [0.717, 1.165) is 11.1 Å². The molecule has 202 valence electrons. The number of methoxy groups -OCH3 is 2. The maximum absolute atomic E-state index is 14.5. The highest BCUT2D eigenvalue weighted by atomic mass is 32.1. The number of ether oxygens (including phenoxy) is 3. The second-order valence-electron chi connectivity index (χ2n) is 10.6. The minimum Gasteiger partial charge on any atom is -0.496 e. The number of benzene rings is 2. The zero-order valence-corrected chi connectivity index (χ0v) is 23.2. The first kappa shape index (κ1) is 27.6. The van der Waals surface area contributed by atoms with E-state index >= 15 is 0 Å². The first-order valence-corrected chi connectivity index (χ1v) is 13.3. The summed E-state index contributed by atoms with van der Waals surface area (Å²) >= 11 is 1.42. The number of rotatable bonds is 8. The van der Waals surface area contributed by atoms with Crippen LogP contribution in [0.1, 0.15) is 59.7 Å². The third kappa shape index (κ3) is 5.54. The molecule has 1 N–H and O–H groups in total. The molecule has 3 aromatic rings. The fourth-order valence-corrected chi connectivity index (χ4v) is 6.22. The lowest BCUT2D eigenvalue weighted by Crippen LogP contribution is -2.52. The lowest BCUT2D eigenvalue weighted by atomic mass is 9.85. The number of hydrogen-bond acceptors (Lipinski definition) is 7. The second kappa shape index (κ2) is 11.1. The third-order valence-electron chi connectivity index (χ3n) is 6.91. The fraction of sp³-hybridized carbons (Fsp3) is 0.414. The summed E-state index contributed by atoms with van der Waals surface area (Å²) in [5, 5.41) is 12.4. The molecule has 3 atom stereocenters. The van der Waals surface area contributed by atoms with Crippen molar-refractivity contribution in [2.75, 3.05) is 20.8 Å². The SMILES string of the molecule is COC[C@H]1C[C@](Cc2ccccc2)(OC(=O)O)N(C(=O)c2ccc(C(C)(C)C)c(OC)c2)[C@H]1c1nccs1. The van der Waals surface area contributed by atoms with E-state index in [1.165, 1.54) is 11.3 Å². The maximum Gasteiger partial charge on any atom is 0.507 e. The second-order valence-corrected chi connectivity index (χ2v) is 11.5. The standard InChI is InChI=1S/C29H34N2O6S/c1-28(2,3)22-12-11-20(15-23(22)36-5)26(32)31-24(25-30-13-14-38-25)21(18-35-4)17-29(31,37-27(33)34)16-19-9-7-6-8-10-19/h6-15,21,24H,16-18H2,1-5H3,(H,33,34)/t21-,24-,29+/m1/s1. The Bertz CT molecular complexity index is 1260. The zero-order chi connectivity index (χ0) is 27.5. The van der Waals surface area contributed by atoms with Crippen molar-refractivity contribution in [2.24, 2.45) is 5.92 Å². The molecule has 0 bridgehead atoms. The Morgan fingerprint density at radius 1 is 1.16 bits per heavy atom. The molecule has 9 heteroatoms. The van der Waals surface area contributed by atoms with Gasteiger partial charge in [-0.2, -0.15) is 0 Å². The molecular formula is C29H34N2O6S. The van der Waals surface area contributed by atoms with E-state index in [1.807, 2.05) is 41.8 Å². The van der Waals surface area contributed by atoms with Crippen LogP contribution in [0.5, 0.6) is 5.75 Å². The van der Waals surface area contributed by atoms with Crippen LogP contribution in [-0.4, -0.2) is 53.6 Å². The lowest BCUT2D eigenvalue weighted by molar-refractivity contribution is -0.0969. The van der Waals surface area contributed by atoms with Crippen LogP contribution in [-0.2, 0) is 21.3 Å². The number of hydrogen-bond donors (Lipinski definition) is 1. The number of likely N-dealkylation sites (tertiary alicyclic amines) is 1. The molecule has 0 spiro atoms. The van der Waals surface area contributed by atoms with E-state index in [1.54, 1.807) is 37.4 Å². The van der Waals surface area contributed by atoms with Gasteiger partial charge in [-0.1, -0.05) is 57.2 Å². The number of amides is 1. The fourth-order valence-electron chi connectivity index (χ4n) is 5.40. The molecule has 1 aliphatic rings. The summed E-state index contributed by atoms with van der Waals surface area (Å²) in [6.07, 6.45) is 0.680. The van der Waals surface area contributed by atoms with E-state index < -0.39 is 17.9 Å². The maximum atomic E-state index is 14.5. The minimum absolute atomic E-state index is 0.186. The van der Waals surface area contributed by atoms with Gasteiger partial charge in [0.1, 0.15) is 10.8 Å². The van der Waals surface area contributed by atoms with Crippen molar-refractivity contribution in [1.29, 1.82) is 0 Å². The summed E-state index contributed by atoms with van der Waals surface area (Å²) in [6.45, 7) is 6.53. The van der Waals surface area contributed by atoms with Crippen molar-refractivity contribution in [3.8, 4) is 5.75 Å². The molecule has 1 amide bonds. The van der Waals surface area contributed by atoms with Gasteiger partial charge in [-0.15, -0.1) is 11.3 Å². The molecule has 4 rings (SSSR count). The molecule has 2 heterocycles. The Kier molecular flexibility index (Phi) is 8.08. The van der Waals surface area contributed by atoms with Crippen molar-refractivity contribution >= 4 is 23.4 Å². The van der Waals surface area contributed by atoms with Crippen molar-refractivity contribution in [2.45, 2.75) is 50.8 Å². The van der Waals surface area contributed by atoms with Gasteiger partial charge in [-0.05, 0) is 28.7 Å². The first-order chi connectivity index (χ1) is 18.1. The molecule has 1 aromatic heterocycles. The zero-order valence-electron chi connectivity index (χ0n) is 22.3. The summed E-state index contributed by atoms with van der Waals surface area (Å²) in [6, 6.07) is 14.3. The lowest BCUT2D eigenvalue weighted by Gasteiger charge is -2.39. The normalized spacial score (nSPS) is 21.3. The average Bonchev–Trinajstić information content (AvgIpc) is 3.49. The van der Waals surface area contributed by atoms with Crippen LogP contribution in [0.15, 0.2) is 60.1 Å². The van der Waals surface area contributed by atoms with Crippen molar-refractivity contribution in [3.05, 3.63) is 81.8 Å².